The minimum atomic E-state index is -0.366. The van der Waals surface area contributed by atoms with Gasteiger partial charge in [0, 0.05) is 16.8 Å². The molecule has 1 N–H and O–H groups in total. The number of methoxy groups -OCH3 is 1. The summed E-state index contributed by atoms with van der Waals surface area (Å²) in [4.78, 5) is 17.0. The van der Waals surface area contributed by atoms with Crippen LogP contribution < -0.4 is 14.8 Å². The normalized spacial score (nSPS) is 10.8. The fraction of sp³-hybridized carbons (Fsp3) is 0.167. The summed E-state index contributed by atoms with van der Waals surface area (Å²) >= 11 is 6.32. The van der Waals surface area contributed by atoms with E-state index in [1.165, 1.54) is 19.4 Å². The van der Waals surface area contributed by atoms with E-state index in [1.54, 1.807) is 42.5 Å². The maximum absolute atomic E-state index is 13.8. The second kappa shape index (κ2) is 11.2. The molecular weight excluding hydrogens is 435 g/mol. The van der Waals surface area contributed by atoms with Crippen molar-refractivity contribution >= 4 is 29.4 Å². The number of anilines is 1. The van der Waals surface area contributed by atoms with Crippen LogP contribution in [0.2, 0.25) is 5.02 Å². The number of hydrogen-bond donors (Lipinski definition) is 1. The molecule has 32 heavy (non-hydrogen) atoms. The topological polar surface area (TPSA) is 69.2 Å². The lowest BCUT2D eigenvalue weighted by Gasteiger charge is -2.13. The standard InChI is InChI=1S/C24H22ClFN2O4/c1-16-7-9-19(10-8-16)28-23(29)15-32-27-13-17-11-20(25)24(22(12-17)30-2)31-14-18-5-3-4-6-21(18)26/h3-13H,14-15H2,1-2H3,(H,28,29)/b27-13+. The van der Waals surface area contributed by atoms with Gasteiger partial charge in [0.05, 0.1) is 18.3 Å². The highest BCUT2D eigenvalue weighted by atomic mass is 35.5. The number of hydrogen-bond acceptors (Lipinski definition) is 5. The summed E-state index contributed by atoms with van der Waals surface area (Å²) in [7, 11) is 1.47. The van der Waals surface area contributed by atoms with Crippen LogP contribution in [-0.2, 0) is 16.2 Å². The molecule has 0 heterocycles. The second-order valence-corrected chi connectivity index (χ2v) is 7.24. The molecule has 0 aliphatic heterocycles. The molecule has 0 aliphatic rings. The molecular formula is C24H22ClFN2O4. The number of nitrogens with one attached hydrogen (secondary N) is 1. The second-order valence-electron chi connectivity index (χ2n) is 6.84. The maximum Gasteiger partial charge on any atom is 0.265 e. The van der Waals surface area contributed by atoms with Gasteiger partial charge in [0.1, 0.15) is 12.4 Å². The Bertz CT molecular complexity index is 1100. The molecule has 0 unspecified atom stereocenters. The molecule has 0 bridgehead atoms. The first kappa shape index (κ1) is 23.1. The molecule has 1 amide bonds. The van der Waals surface area contributed by atoms with Crippen molar-refractivity contribution < 1.29 is 23.5 Å². The number of oxime groups is 1. The van der Waals surface area contributed by atoms with Crippen LogP contribution in [0.5, 0.6) is 11.5 Å². The highest BCUT2D eigenvalue weighted by molar-refractivity contribution is 6.32. The Morgan fingerprint density at radius 1 is 1.16 bits per heavy atom. The summed E-state index contributed by atoms with van der Waals surface area (Å²) in [5, 5.41) is 6.77. The molecule has 166 valence electrons. The minimum Gasteiger partial charge on any atom is -0.493 e. The van der Waals surface area contributed by atoms with Crippen molar-refractivity contribution in [1.29, 1.82) is 0 Å². The quantitative estimate of drug-likeness (QED) is 0.347. The van der Waals surface area contributed by atoms with Crippen molar-refractivity contribution in [1.82, 2.24) is 0 Å². The largest absolute Gasteiger partial charge is 0.493 e. The summed E-state index contributed by atoms with van der Waals surface area (Å²) in [6.07, 6.45) is 1.40. The van der Waals surface area contributed by atoms with Crippen LogP contribution in [0.4, 0.5) is 10.1 Å². The first-order valence-electron chi connectivity index (χ1n) is 9.72. The van der Waals surface area contributed by atoms with E-state index in [-0.39, 0.29) is 35.7 Å². The van der Waals surface area contributed by atoms with E-state index in [4.69, 9.17) is 25.9 Å². The molecule has 0 aromatic heterocycles. The van der Waals surface area contributed by atoms with Gasteiger partial charge in [-0.05, 0) is 37.3 Å². The fourth-order valence-electron chi connectivity index (χ4n) is 2.75. The van der Waals surface area contributed by atoms with Gasteiger partial charge in [-0.15, -0.1) is 0 Å². The van der Waals surface area contributed by atoms with Gasteiger partial charge >= 0.3 is 0 Å². The summed E-state index contributed by atoms with van der Waals surface area (Å²) in [6, 6.07) is 17.0. The van der Waals surface area contributed by atoms with Crippen molar-refractivity contribution in [2.45, 2.75) is 13.5 Å². The van der Waals surface area contributed by atoms with Crippen molar-refractivity contribution in [2.24, 2.45) is 5.16 Å². The number of rotatable bonds is 9. The number of carbonyl (C=O) groups excluding carboxylic acids is 1. The molecule has 3 aromatic carbocycles. The summed E-state index contributed by atoms with van der Waals surface area (Å²) < 4.78 is 24.8. The lowest BCUT2D eigenvalue weighted by Crippen LogP contribution is -2.16. The van der Waals surface area contributed by atoms with Gasteiger partial charge in [0.25, 0.3) is 5.91 Å². The van der Waals surface area contributed by atoms with Gasteiger partial charge in [-0.1, -0.05) is 52.7 Å². The number of benzene rings is 3. The van der Waals surface area contributed by atoms with Gasteiger partial charge in [0.2, 0.25) is 0 Å². The van der Waals surface area contributed by atoms with Crippen molar-refractivity contribution in [3.63, 3.8) is 0 Å². The summed E-state index contributed by atoms with van der Waals surface area (Å²) in [5.74, 6) is -0.0613. The zero-order chi connectivity index (χ0) is 22.9. The highest BCUT2D eigenvalue weighted by Crippen LogP contribution is 2.36. The lowest BCUT2D eigenvalue weighted by molar-refractivity contribution is -0.120. The fourth-order valence-corrected chi connectivity index (χ4v) is 3.02. The van der Waals surface area contributed by atoms with Crippen molar-refractivity contribution in [3.8, 4) is 11.5 Å². The van der Waals surface area contributed by atoms with Crippen LogP contribution in [0.25, 0.3) is 0 Å². The van der Waals surface area contributed by atoms with Gasteiger partial charge in [-0.25, -0.2) is 4.39 Å². The molecule has 8 heteroatoms. The first-order chi connectivity index (χ1) is 15.5. The molecule has 6 nitrogen and oxygen atoms in total. The van der Waals surface area contributed by atoms with Crippen LogP contribution in [0.15, 0.2) is 65.8 Å². The van der Waals surface area contributed by atoms with Gasteiger partial charge < -0.3 is 19.6 Å². The molecule has 0 atom stereocenters. The molecule has 0 radical (unpaired) electrons. The highest BCUT2D eigenvalue weighted by Gasteiger charge is 2.13. The van der Waals surface area contributed by atoms with E-state index >= 15 is 0 Å². The van der Waals surface area contributed by atoms with E-state index in [1.807, 2.05) is 19.1 Å². The molecule has 0 saturated carbocycles. The van der Waals surface area contributed by atoms with Crippen molar-refractivity contribution in [3.05, 3.63) is 88.2 Å². The average Bonchev–Trinajstić information content (AvgIpc) is 2.78. The third-order valence-electron chi connectivity index (χ3n) is 4.39. The number of amides is 1. The predicted molar refractivity (Wildman–Crippen MR) is 122 cm³/mol. The first-order valence-corrected chi connectivity index (χ1v) is 10.1. The zero-order valence-corrected chi connectivity index (χ0v) is 18.4. The predicted octanol–water partition coefficient (Wildman–Crippen LogP) is 5.36. The Balaban J connectivity index is 1.57. The molecule has 0 spiro atoms. The summed E-state index contributed by atoms with van der Waals surface area (Å²) in [5.41, 5.74) is 2.75. The Morgan fingerprint density at radius 3 is 2.62 bits per heavy atom. The number of nitrogens with zero attached hydrogens (tertiary/aromatic N) is 1. The van der Waals surface area contributed by atoms with Gasteiger partial charge in [-0.2, -0.15) is 0 Å². The van der Waals surface area contributed by atoms with Crippen molar-refractivity contribution in [2.75, 3.05) is 19.0 Å². The van der Waals surface area contributed by atoms with E-state index in [2.05, 4.69) is 10.5 Å². The number of ether oxygens (including phenoxy) is 2. The Hall–Kier alpha value is -3.58. The number of aryl methyl sites for hydroxylation is 1. The lowest BCUT2D eigenvalue weighted by atomic mass is 10.2. The SMILES string of the molecule is COc1cc(/C=N/OCC(=O)Nc2ccc(C)cc2)cc(Cl)c1OCc1ccccc1F. The maximum atomic E-state index is 13.8. The van der Waals surface area contributed by atoms with Crippen LogP contribution in [0.3, 0.4) is 0 Å². The average molecular weight is 457 g/mol. The van der Waals surface area contributed by atoms with Crippen LogP contribution in [-0.4, -0.2) is 25.8 Å². The molecule has 3 rings (SSSR count). The smallest absolute Gasteiger partial charge is 0.265 e. The molecule has 0 saturated heterocycles. The molecule has 0 aliphatic carbocycles. The summed E-state index contributed by atoms with van der Waals surface area (Å²) in [6.45, 7) is 1.71. The number of carbonyl (C=O) groups is 1. The van der Waals surface area contributed by atoms with E-state index in [0.717, 1.165) is 5.56 Å². The molecule has 0 fully saturated rings. The van der Waals surface area contributed by atoms with Gasteiger partial charge in [-0.3, -0.25) is 4.79 Å². The number of halogens is 2. The zero-order valence-electron chi connectivity index (χ0n) is 17.6. The third kappa shape index (κ3) is 6.46. The third-order valence-corrected chi connectivity index (χ3v) is 4.67. The Kier molecular flexibility index (Phi) is 8.05. The van der Waals surface area contributed by atoms with Gasteiger partial charge in [0.15, 0.2) is 18.1 Å². The van der Waals surface area contributed by atoms with E-state index in [0.29, 0.717) is 22.6 Å². The van der Waals surface area contributed by atoms with Crippen LogP contribution in [0, 0.1) is 12.7 Å². The van der Waals surface area contributed by atoms with Crippen LogP contribution >= 0.6 is 11.6 Å². The van der Waals surface area contributed by atoms with E-state index < -0.39 is 0 Å². The monoisotopic (exact) mass is 456 g/mol. The Morgan fingerprint density at radius 2 is 1.91 bits per heavy atom. The van der Waals surface area contributed by atoms with Crippen LogP contribution in [0.1, 0.15) is 16.7 Å². The minimum absolute atomic E-state index is 0.00457. The molecule has 3 aromatic rings. The van der Waals surface area contributed by atoms with E-state index in [9.17, 15) is 9.18 Å². The Labute approximate surface area is 190 Å².